The SMILES string of the molecule is CCN(CC)C(=O)N[C@@H]1CC2c3cccc4[nH]cc(c34)C[C@@H]2N(C)C1. The summed E-state index contributed by atoms with van der Waals surface area (Å²) in [4.78, 5) is 20.2. The summed E-state index contributed by atoms with van der Waals surface area (Å²) in [6.07, 6.45) is 4.28. The number of nitrogens with one attached hydrogen (secondary N) is 2. The van der Waals surface area contributed by atoms with Crippen molar-refractivity contribution in [1.82, 2.24) is 20.1 Å². The lowest BCUT2D eigenvalue weighted by Gasteiger charge is -2.45. The summed E-state index contributed by atoms with van der Waals surface area (Å²) in [5.74, 6) is 0.479. The van der Waals surface area contributed by atoms with Crippen LogP contribution in [0.3, 0.4) is 0 Å². The van der Waals surface area contributed by atoms with Crippen LogP contribution in [0.2, 0.25) is 0 Å². The monoisotopic (exact) mass is 340 g/mol. The standard InChI is InChI=1S/C20H28N4O/c1-4-24(5-2)20(25)22-14-10-16-15-7-6-8-17-19(15)13(11-21-17)9-18(16)23(3)12-14/h6-8,11,14,16,18,21H,4-5,9-10,12H2,1-3H3,(H,22,25)/t14-,16?,18+/m1/s1. The van der Waals surface area contributed by atoms with Gasteiger partial charge >= 0.3 is 6.03 Å². The summed E-state index contributed by atoms with van der Waals surface area (Å²) in [6.45, 7) is 6.48. The molecule has 2 amide bonds. The number of aromatic amines is 1. The van der Waals surface area contributed by atoms with Gasteiger partial charge in [-0.05, 0) is 50.9 Å². The highest BCUT2D eigenvalue weighted by Gasteiger charge is 2.39. The molecule has 2 aromatic rings. The van der Waals surface area contributed by atoms with Crippen molar-refractivity contribution < 1.29 is 4.79 Å². The van der Waals surface area contributed by atoms with Crippen LogP contribution in [-0.2, 0) is 6.42 Å². The van der Waals surface area contributed by atoms with Gasteiger partial charge in [0.15, 0.2) is 0 Å². The van der Waals surface area contributed by atoms with Crippen molar-refractivity contribution in [3.63, 3.8) is 0 Å². The van der Waals surface area contributed by atoms with Gasteiger partial charge in [0.05, 0.1) is 0 Å². The third-order valence-corrected chi connectivity index (χ3v) is 6.10. The number of benzene rings is 1. The number of likely N-dealkylation sites (N-methyl/N-ethyl adjacent to an activating group) is 1. The van der Waals surface area contributed by atoms with Crippen LogP contribution in [0.5, 0.6) is 0 Å². The number of urea groups is 1. The van der Waals surface area contributed by atoms with E-state index in [4.69, 9.17) is 0 Å². The first-order valence-corrected chi connectivity index (χ1v) is 9.46. The van der Waals surface area contributed by atoms with Crippen LogP contribution >= 0.6 is 0 Å². The van der Waals surface area contributed by atoms with Crippen molar-refractivity contribution in [2.24, 2.45) is 0 Å². The van der Waals surface area contributed by atoms with E-state index in [0.717, 1.165) is 32.5 Å². The summed E-state index contributed by atoms with van der Waals surface area (Å²) < 4.78 is 0. The van der Waals surface area contributed by atoms with Gasteiger partial charge in [0.1, 0.15) is 0 Å². The van der Waals surface area contributed by atoms with Crippen LogP contribution in [0, 0.1) is 0 Å². The predicted molar refractivity (Wildman–Crippen MR) is 101 cm³/mol. The lowest BCUT2D eigenvalue weighted by molar-refractivity contribution is 0.124. The number of hydrogen-bond acceptors (Lipinski definition) is 2. The lowest BCUT2D eigenvalue weighted by Crippen LogP contribution is -2.56. The molecule has 25 heavy (non-hydrogen) atoms. The summed E-state index contributed by atoms with van der Waals surface area (Å²) in [6, 6.07) is 7.38. The van der Waals surface area contributed by atoms with E-state index in [-0.39, 0.29) is 12.1 Å². The molecular formula is C20H28N4O. The Balaban J connectivity index is 1.60. The first-order chi connectivity index (χ1) is 12.1. The van der Waals surface area contributed by atoms with Crippen molar-refractivity contribution in [3.8, 4) is 0 Å². The Hall–Kier alpha value is -2.01. The Kier molecular flexibility index (Phi) is 4.20. The Bertz CT molecular complexity index is 779. The van der Waals surface area contributed by atoms with Gasteiger partial charge in [0.25, 0.3) is 0 Å². The highest BCUT2D eigenvalue weighted by molar-refractivity contribution is 5.88. The van der Waals surface area contributed by atoms with Gasteiger partial charge in [0.2, 0.25) is 0 Å². The fraction of sp³-hybridized carbons (Fsp3) is 0.550. The molecule has 1 aromatic heterocycles. The van der Waals surface area contributed by atoms with Gasteiger partial charge in [-0.1, -0.05) is 12.1 Å². The lowest BCUT2D eigenvalue weighted by atomic mass is 9.74. The molecule has 1 unspecified atom stereocenters. The minimum absolute atomic E-state index is 0.0678. The van der Waals surface area contributed by atoms with E-state index in [2.05, 4.69) is 46.6 Å². The molecule has 1 aromatic carbocycles. The zero-order valence-electron chi connectivity index (χ0n) is 15.4. The molecule has 4 rings (SSSR count). The van der Waals surface area contributed by atoms with Gasteiger partial charge in [-0.2, -0.15) is 0 Å². The van der Waals surface area contributed by atoms with Crippen LogP contribution < -0.4 is 5.32 Å². The smallest absolute Gasteiger partial charge is 0.317 e. The molecule has 1 saturated heterocycles. The third-order valence-electron chi connectivity index (χ3n) is 6.10. The summed E-state index contributed by atoms with van der Waals surface area (Å²) in [7, 11) is 2.20. The van der Waals surface area contributed by atoms with Crippen molar-refractivity contribution in [2.75, 3.05) is 26.7 Å². The van der Waals surface area contributed by atoms with Crippen LogP contribution in [0.25, 0.3) is 10.9 Å². The minimum atomic E-state index is 0.0678. The Labute approximate surface area is 149 Å². The molecule has 1 aliphatic carbocycles. The molecule has 0 bridgehead atoms. The van der Waals surface area contributed by atoms with E-state index in [1.807, 2.05) is 18.7 Å². The molecule has 0 saturated carbocycles. The van der Waals surface area contributed by atoms with Crippen LogP contribution in [0.4, 0.5) is 4.79 Å². The van der Waals surface area contributed by atoms with E-state index in [9.17, 15) is 4.79 Å². The van der Waals surface area contributed by atoms with Crippen molar-refractivity contribution >= 4 is 16.9 Å². The number of piperidine rings is 1. The molecule has 2 aliphatic rings. The van der Waals surface area contributed by atoms with E-state index in [0.29, 0.717) is 12.0 Å². The fourth-order valence-electron chi connectivity index (χ4n) is 4.82. The molecule has 3 atom stereocenters. The molecule has 1 aliphatic heterocycles. The molecule has 0 spiro atoms. The van der Waals surface area contributed by atoms with Gasteiger partial charge < -0.3 is 20.1 Å². The van der Waals surface area contributed by atoms with Crippen LogP contribution in [0.15, 0.2) is 24.4 Å². The van der Waals surface area contributed by atoms with E-state index >= 15 is 0 Å². The minimum Gasteiger partial charge on any atom is -0.361 e. The molecule has 1 fully saturated rings. The predicted octanol–water partition coefficient (Wildman–Crippen LogP) is 2.93. The fourth-order valence-corrected chi connectivity index (χ4v) is 4.82. The first kappa shape index (κ1) is 16.5. The molecular weight excluding hydrogens is 312 g/mol. The van der Waals surface area contributed by atoms with Gasteiger partial charge in [-0.15, -0.1) is 0 Å². The number of fused-ring (bicyclic) bond motifs is 2. The number of amides is 2. The first-order valence-electron chi connectivity index (χ1n) is 9.46. The summed E-state index contributed by atoms with van der Waals surface area (Å²) in [5.41, 5.74) is 4.12. The number of carbonyl (C=O) groups is 1. The van der Waals surface area contributed by atoms with Crippen LogP contribution in [-0.4, -0.2) is 59.6 Å². The largest absolute Gasteiger partial charge is 0.361 e. The van der Waals surface area contributed by atoms with E-state index < -0.39 is 0 Å². The van der Waals surface area contributed by atoms with Gasteiger partial charge in [-0.25, -0.2) is 4.79 Å². The second-order valence-electron chi connectivity index (χ2n) is 7.46. The molecule has 2 heterocycles. The average Bonchev–Trinajstić information content (AvgIpc) is 3.02. The Morgan fingerprint density at radius 1 is 1.36 bits per heavy atom. The number of carbonyl (C=O) groups excluding carboxylic acids is 1. The maximum atomic E-state index is 12.5. The third kappa shape index (κ3) is 2.71. The second-order valence-corrected chi connectivity index (χ2v) is 7.46. The normalized spacial score (nSPS) is 25.6. The number of likely N-dealkylation sites (tertiary alicyclic amines) is 1. The van der Waals surface area contributed by atoms with Crippen molar-refractivity contribution in [2.45, 2.75) is 44.7 Å². The van der Waals surface area contributed by atoms with Crippen LogP contribution in [0.1, 0.15) is 37.3 Å². The zero-order valence-corrected chi connectivity index (χ0v) is 15.4. The number of H-pyrrole nitrogens is 1. The molecule has 5 heteroatoms. The second kappa shape index (κ2) is 6.37. The summed E-state index contributed by atoms with van der Waals surface area (Å²) in [5, 5.41) is 4.68. The molecule has 2 N–H and O–H groups in total. The summed E-state index contributed by atoms with van der Waals surface area (Å²) >= 11 is 0. The van der Waals surface area contributed by atoms with E-state index in [1.54, 1.807) is 0 Å². The number of aromatic nitrogens is 1. The highest BCUT2D eigenvalue weighted by atomic mass is 16.2. The number of nitrogens with zero attached hydrogens (tertiary/aromatic N) is 2. The highest BCUT2D eigenvalue weighted by Crippen LogP contribution is 2.42. The molecule has 5 nitrogen and oxygen atoms in total. The van der Waals surface area contributed by atoms with Crippen molar-refractivity contribution in [3.05, 3.63) is 35.5 Å². The topological polar surface area (TPSA) is 51.4 Å². The number of rotatable bonds is 3. The molecule has 134 valence electrons. The zero-order chi connectivity index (χ0) is 17.6. The maximum Gasteiger partial charge on any atom is 0.317 e. The van der Waals surface area contributed by atoms with Gasteiger partial charge in [-0.3, -0.25) is 0 Å². The van der Waals surface area contributed by atoms with Crippen molar-refractivity contribution in [1.29, 1.82) is 0 Å². The average molecular weight is 340 g/mol. The molecule has 0 radical (unpaired) electrons. The Morgan fingerprint density at radius 3 is 2.92 bits per heavy atom. The maximum absolute atomic E-state index is 12.5. The van der Waals surface area contributed by atoms with E-state index in [1.165, 1.54) is 22.0 Å². The number of hydrogen-bond donors (Lipinski definition) is 2. The quantitative estimate of drug-likeness (QED) is 0.903. The Morgan fingerprint density at radius 2 is 2.16 bits per heavy atom. The van der Waals surface area contributed by atoms with Gasteiger partial charge in [0, 0.05) is 54.7 Å².